The zero-order valence-corrected chi connectivity index (χ0v) is 11.9. The average molecular weight is 264 g/mol. The van der Waals surface area contributed by atoms with Crippen LogP contribution in [-0.2, 0) is 11.8 Å². The zero-order valence-electron chi connectivity index (χ0n) is 11.9. The van der Waals surface area contributed by atoms with Crippen LogP contribution in [0.3, 0.4) is 0 Å². The van der Waals surface area contributed by atoms with E-state index in [-0.39, 0.29) is 5.91 Å². The highest BCUT2D eigenvalue weighted by atomic mass is 16.1. The number of rotatable bonds is 4. The van der Waals surface area contributed by atoms with Crippen molar-refractivity contribution >= 4 is 5.91 Å². The molecule has 0 spiro atoms. The van der Waals surface area contributed by atoms with E-state index < -0.39 is 6.04 Å². The molecule has 106 valence electrons. The maximum Gasteiger partial charge on any atom is 0.239 e. The van der Waals surface area contributed by atoms with Crippen molar-refractivity contribution < 1.29 is 4.79 Å². The maximum atomic E-state index is 11.7. The Labute approximate surface area is 114 Å². The molecule has 5 nitrogen and oxygen atoms in total. The van der Waals surface area contributed by atoms with Gasteiger partial charge in [-0.2, -0.15) is 5.10 Å². The molecule has 19 heavy (non-hydrogen) atoms. The van der Waals surface area contributed by atoms with Crippen LogP contribution in [0, 0.1) is 6.92 Å². The van der Waals surface area contributed by atoms with Crippen molar-refractivity contribution in [3.63, 3.8) is 0 Å². The molecular formula is C14H24N4O. The van der Waals surface area contributed by atoms with Gasteiger partial charge in [-0.3, -0.25) is 14.8 Å². The summed E-state index contributed by atoms with van der Waals surface area (Å²) in [5.74, 6) is -0.319. The lowest BCUT2D eigenvalue weighted by Crippen LogP contribution is -2.40. The van der Waals surface area contributed by atoms with Crippen LogP contribution in [0.2, 0.25) is 0 Å². The number of nitrogens with one attached hydrogen (secondary N) is 1. The number of carbonyl (C=O) groups is 1. The summed E-state index contributed by atoms with van der Waals surface area (Å²) in [6.45, 7) is 1.97. The highest BCUT2D eigenvalue weighted by Gasteiger charge is 2.25. The van der Waals surface area contributed by atoms with E-state index in [1.165, 1.54) is 25.7 Å². The van der Waals surface area contributed by atoms with E-state index in [0.717, 1.165) is 24.1 Å². The Bertz CT molecular complexity index is 433. The SMILES string of the molecule is Cc1c(C(NC2CCCCCC2)C(N)=O)cnn1C. The molecule has 1 amide bonds. The predicted octanol–water partition coefficient (Wildman–Crippen LogP) is 1.57. The molecule has 1 aromatic rings. The number of nitrogens with two attached hydrogens (primary N) is 1. The van der Waals surface area contributed by atoms with Crippen LogP contribution < -0.4 is 11.1 Å². The minimum atomic E-state index is -0.420. The number of hydrogen-bond acceptors (Lipinski definition) is 3. The van der Waals surface area contributed by atoms with Crippen molar-refractivity contribution in [3.8, 4) is 0 Å². The van der Waals surface area contributed by atoms with Gasteiger partial charge in [0.25, 0.3) is 0 Å². The number of hydrogen-bond donors (Lipinski definition) is 2. The molecule has 0 aliphatic heterocycles. The number of carbonyl (C=O) groups excluding carboxylic acids is 1. The zero-order chi connectivity index (χ0) is 13.8. The molecule has 0 aromatic carbocycles. The summed E-state index contributed by atoms with van der Waals surface area (Å²) in [7, 11) is 1.88. The summed E-state index contributed by atoms with van der Waals surface area (Å²) in [4.78, 5) is 11.7. The van der Waals surface area contributed by atoms with Gasteiger partial charge < -0.3 is 5.73 Å². The molecule has 1 aromatic heterocycles. The van der Waals surface area contributed by atoms with Crippen LogP contribution in [0.15, 0.2) is 6.20 Å². The molecule has 2 rings (SSSR count). The third-order valence-corrected chi connectivity index (χ3v) is 4.13. The molecule has 1 saturated carbocycles. The lowest BCUT2D eigenvalue weighted by atomic mass is 10.0. The Hall–Kier alpha value is -1.36. The maximum absolute atomic E-state index is 11.7. The van der Waals surface area contributed by atoms with Crippen molar-refractivity contribution in [2.75, 3.05) is 0 Å². The Morgan fingerprint density at radius 3 is 2.53 bits per heavy atom. The van der Waals surface area contributed by atoms with Crippen LogP contribution >= 0.6 is 0 Å². The van der Waals surface area contributed by atoms with E-state index in [1.807, 2.05) is 14.0 Å². The van der Waals surface area contributed by atoms with Gasteiger partial charge in [0.1, 0.15) is 6.04 Å². The third kappa shape index (κ3) is 3.35. The van der Waals surface area contributed by atoms with Crippen molar-refractivity contribution in [2.45, 2.75) is 57.5 Å². The van der Waals surface area contributed by atoms with Gasteiger partial charge in [0.2, 0.25) is 5.91 Å². The number of primary amides is 1. The molecule has 5 heteroatoms. The Kier molecular flexibility index (Phi) is 4.58. The third-order valence-electron chi connectivity index (χ3n) is 4.13. The van der Waals surface area contributed by atoms with Gasteiger partial charge in [-0.1, -0.05) is 25.7 Å². The van der Waals surface area contributed by atoms with Gasteiger partial charge in [0, 0.05) is 24.3 Å². The highest BCUT2D eigenvalue weighted by Crippen LogP contribution is 2.22. The summed E-state index contributed by atoms with van der Waals surface area (Å²) in [6, 6.07) is -0.0311. The smallest absolute Gasteiger partial charge is 0.239 e. The quantitative estimate of drug-likeness (QED) is 0.811. The van der Waals surface area contributed by atoms with Gasteiger partial charge in [0.15, 0.2) is 0 Å². The lowest BCUT2D eigenvalue weighted by Gasteiger charge is -2.22. The van der Waals surface area contributed by atoms with Crippen LogP contribution in [0.25, 0.3) is 0 Å². The van der Waals surface area contributed by atoms with Crippen molar-refractivity contribution in [1.82, 2.24) is 15.1 Å². The van der Waals surface area contributed by atoms with Gasteiger partial charge in [0.05, 0.1) is 6.20 Å². The number of amides is 1. The topological polar surface area (TPSA) is 72.9 Å². The molecule has 3 N–H and O–H groups in total. The Morgan fingerprint density at radius 2 is 2.05 bits per heavy atom. The Morgan fingerprint density at radius 1 is 1.42 bits per heavy atom. The minimum absolute atomic E-state index is 0.319. The average Bonchev–Trinajstić information content (AvgIpc) is 2.60. The molecule has 1 aliphatic carbocycles. The van der Waals surface area contributed by atoms with E-state index >= 15 is 0 Å². The van der Waals surface area contributed by atoms with Gasteiger partial charge >= 0.3 is 0 Å². The summed E-state index contributed by atoms with van der Waals surface area (Å²) in [6.07, 6.45) is 9.06. The van der Waals surface area contributed by atoms with Gasteiger partial charge in [-0.25, -0.2) is 0 Å². The minimum Gasteiger partial charge on any atom is -0.368 e. The summed E-state index contributed by atoms with van der Waals surface area (Å²) < 4.78 is 1.78. The predicted molar refractivity (Wildman–Crippen MR) is 74.5 cm³/mol. The van der Waals surface area contributed by atoms with E-state index in [9.17, 15) is 4.79 Å². The van der Waals surface area contributed by atoms with Crippen LogP contribution in [-0.4, -0.2) is 21.7 Å². The van der Waals surface area contributed by atoms with Crippen LogP contribution in [0.5, 0.6) is 0 Å². The molecule has 0 radical (unpaired) electrons. The summed E-state index contributed by atoms with van der Waals surface area (Å²) >= 11 is 0. The molecule has 0 saturated heterocycles. The fourth-order valence-corrected chi connectivity index (χ4v) is 2.81. The second kappa shape index (κ2) is 6.19. The standard InChI is InChI=1S/C14H24N4O/c1-10-12(9-16-18(10)2)13(14(15)19)17-11-7-5-3-4-6-8-11/h9,11,13,17H,3-8H2,1-2H3,(H2,15,19). The normalized spacial score (nSPS) is 19.1. The molecule has 1 fully saturated rings. The fraction of sp³-hybridized carbons (Fsp3) is 0.714. The van der Waals surface area contributed by atoms with E-state index in [1.54, 1.807) is 10.9 Å². The fourth-order valence-electron chi connectivity index (χ4n) is 2.81. The highest BCUT2D eigenvalue weighted by molar-refractivity contribution is 5.81. The summed E-state index contributed by atoms with van der Waals surface area (Å²) in [5, 5.41) is 7.64. The van der Waals surface area contributed by atoms with Crippen LogP contribution in [0.4, 0.5) is 0 Å². The van der Waals surface area contributed by atoms with E-state index in [4.69, 9.17) is 5.73 Å². The second-order valence-electron chi connectivity index (χ2n) is 5.50. The lowest BCUT2D eigenvalue weighted by molar-refractivity contribution is -0.120. The molecule has 0 bridgehead atoms. The molecule has 1 aliphatic rings. The first-order valence-electron chi connectivity index (χ1n) is 7.13. The number of nitrogens with zero attached hydrogens (tertiary/aromatic N) is 2. The van der Waals surface area contributed by atoms with E-state index in [2.05, 4.69) is 10.4 Å². The monoisotopic (exact) mass is 264 g/mol. The van der Waals surface area contributed by atoms with Crippen molar-refractivity contribution in [1.29, 1.82) is 0 Å². The largest absolute Gasteiger partial charge is 0.368 e. The molecule has 1 unspecified atom stereocenters. The second-order valence-corrected chi connectivity index (χ2v) is 5.50. The number of aromatic nitrogens is 2. The molecular weight excluding hydrogens is 240 g/mol. The first-order chi connectivity index (χ1) is 9.09. The van der Waals surface area contributed by atoms with E-state index in [0.29, 0.717) is 6.04 Å². The van der Waals surface area contributed by atoms with Gasteiger partial charge in [-0.15, -0.1) is 0 Å². The van der Waals surface area contributed by atoms with Crippen LogP contribution in [0.1, 0.15) is 55.8 Å². The molecule has 1 atom stereocenters. The van der Waals surface area contributed by atoms with Gasteiger partial charge in [-0.05, 0) is 19.8 Å². The Balaban J connectivity index is 2.12. The first kappa shape index (κ1) is 14.1. The first-order valence-corrected chi connectivity index (χ1v) is 7.13. The van der Waals surface area contributed by atoms with Crippen molar-refractivity contribution in [2.24, 2.45) is 12.8 Å². The summed E-state index contributed by atoms with van der Waals surface area (Å²) in [5.41, 5.74) is 7.46. The number of aryl methyl sites for hydroxylation is 1. The molecule has 1 heterocycles. The van der Waals surface area contributed by atoms with Crippen molar-refractivity contribution in [3.05, 3.63) is 17.5 Å².